The molecule has 78 valence electrons. The van der Waals surface area contributed by atoms with Gasteiger partial charge in [0.25, 0.3) is 5.91 Å². The van der Waals surface area contributed by atoms with Crippen LogP contribution >= 0.6 is 0 Å². The molecule has 1 unspecified atom stereocenters. The van der Waals surface area contributed by atoms with Crippen molar-refractivity contribution < 1.29 is 19.5 Å². The summed E-state index contributed by atoms with van der Waals surface area (Å²) >= 11 is 0. The van der Waals surface area contributed by atoms with Gasteiger partial charge in [0.15, 0.2) is 0 Å². The molecule has 1 aliphatic rings. The Morgan fingerprint density at radius 2 is 2.21 bits per heavy atom. The molecule has 6 heteroatoms. The van der Waals surface area contributed by atoms with E-state index in [0.717, 1.165) is 4.90 Å². The molecule has 0 aromatic heterocycles. The number of amides is 3. The molecule has 0 aliphatic carbocycles. The fourth-order valence-corrected chi connectivity index (χ4v) is 1.34. The van der Waals surface area contributed by atoms with E-state index in [2.05, 4.69) is 5.32 Å². The minimum Gasteiger partial charge on any atom is -0.481 e. The first-order valence-corrected chi connectivity index (χ1v) is 4.40. The third-order valence-corrected chi connectivity index (χ3v) is 2.07. The van der Waals surface area contributed by atoms with Crippen LogP contribution in [0, 0.1) is 0 Å². The van der Waals surface area contributed by atoms with Crippen LogP contribution in [0.25, 0.3) is 0 Å². The number of aliphatic carboxylic acids is 1. The summed E-state index contributed by atoms with van der Waals surface area (Å²) in [5, 5.41) is 10.8. The number of nitrogens with zero attached hydrogens (tertiary/aromatic N) is 1. The molecule has 2 N–H and O–H groups in total. The van der Waals surface area contributed by atoms with E-state index in [1.165, 1.54) is 0 Å². The van der Waals surface area contributed by atoms with Crippen LogP contribution in [0.2, 0.25) is 0 Å². The van der Waals surface area contributed by atoms with Crippen LogP contribution in [0.5, 0.6) is 0 Å². The third kappa shape index (κ3) is 2.01. The number of carbonyl (C=O) groups excluding carboxylic acids is 2. The first-order chi connectivity index (χ1) is 6.56. The second-order valence-corrected chi connectivity index (χ2v) is 3.02. The fraction of sp³-hybridized carbons (Fsp3) is 0.625. The lowest BCUT2D eigenvalue weighted by Crippen LogP contribution is -2.31. The molecule has 1 atom stereocenters. The van der Waals surface area contributed by atoms with Crippen molar-refractivity contribution >= 4 is 17.9 Å². The maximum atomic E-state index is 11.4. The van der Waals surface area contributed by atoms with Crippen molar-refractivity contribution in [2.24, 2.45) is 0 Å². The number of carbonyl (C=O) groups is 3. The Balaban J connectivity index is 2.53. The van der Waals surface area contributed by atoms with Gasteiger partial charge in [0.05, 0.1) is 0 Å². The topological polar surface area (TPSA) is 86.7 Å². The van der Waals surface area contributed by atoms with Crippen molar-refractivity contribution in [1.82, 2.24) is 10.2 Å². The Kier molecular flexibility index (Phi) is 3.06. The van der Waals surface area contributed by atoms with E-state index in [4.69, 9.17) is 5.11 Å². The van der Waals surface area contributed by atoms with Crippen LogP contribution in [-0.2, 0) is 9.59 Å². The van der Waals surface area contributed by atoms with Gasteiger partial charge in [0.1, 0.15) is 6.04 Å². The van der Waals surface area contributed by atoms with E-state index in [1.54, 1.807) is 6.92 Å². The second kappa shape index (κ2) is 4.08. The molecule has 6 nitrogen and oxygen atoms in total. The van der Waals surface area contributed by atoms with Gasteiger partial charge >= 0.3 is 12.0 Å². The Labute approximate surface area is 80.9 Å². The molecule has 0 aromatic rings. The normalized spacial score (nSPS) is 21.2. The number of carboxylic acids is 1. The van der Waals surface area contributed by atoms with E-state index >= 15 is 0 Å². The first kappa shape index (κ1) is 10.5. The molecule has 1 rings (SSSR count). The van der Waals surface area contributed by atoms with Crippen molar-refractivity contribution in [3.63, 3.8) is 0 Å². The summed E-state index contributed by atoms with van der Waals surface area (Å²) in [6.07, 6.45) is 0.0324. The highest BCUT2D eigenvalue weighted by atomic mass is 16.4. The largest absolute Gasteiger partial charge is 0.481 e. The van der Waals surface area contributed by atoms with Gasteiger partial charge in [-0.15, -0.1) is 0 Å². The van der Waals surface area contributed by atoms with Gasteiger partial charge in [-0.05, 0) is 13.3 Å². The van der Waals surface area contributed by atoms with E-state index in [9.17, 15) is 14.4 Å². The first-order valence-electron chi connectivity index (χ1n) is 4.40. The summed E-state index contributed by atoms with van der Waals surface area (Å²) in [5.41, 5.74) is 0. The number of likely N-dealkylation sites (N-methyl/N-ethyl adjacent to an activating group) is 1. The van der Waals surface area contributed by atoms with Crippen molar-refractivity contribution in [1.29, 1.82) is 0 Å². The SMILES string of the molecule is CCN1C(=O)NC(CCC(=O)O)C1=O. The van der Waals surface area contributed by atoms with Gasteiger partial charge in [0, 0.05) is 13.0 Å². The van der Waals surface area contributed by atoms with Crippen molar-refractivity contribution in [3.8, 4) is 0 Å². The molecule has 14 heavy (non-hydrogen) atoms. The summed E-state index contributed by atoms with van der Waals surface area (Å²) in [6, 6.07) is -1.11. The number of rotatable bonds is 4. The monoisotopic (exact) mass is 200 g/mol. The van der Waals surface area contributed by atoms with Gasteiger partial charge in [-0.2, -0.15) is 0 Å². The van der Waals surface area contributed by atoms with E-state index in [1.807, 2.05) is 0 Å². The molecular weight excluding hydrogens is 188 g/mol. The standard InChI is InChI=1S/C8H12N2O4/c1-2-10-7(13)5(9-8(10)14)3-4-6(11)12/h5H,2-4H2,1H3,(H,9,14)(H,11,12). The highest BCUT2D eigenvalue weighted by molar-refractivity contribution is 6.04. The number of hydrogen-bond donors (Lipinski definition) is 2. The molecule has 1 aliphatic heterocycles. The Bertz CT molecular complexity index is 277. The molecular formula is C8H12N2O4. The van der Waals surface area contributed by atoms with Gasteiger partial charge < -0.3 is 10.4 Å². The van der Waals surface area contributed by atoms with Crippen molar-refractivity contribution in [3.05, 3.63) is 0 Å². The molecule has 3 amide bonds. The van der Waals surface area contributed by atoms with Crippen LogP contribution in [-0.4, -0.2) is 40.5 Å². The zero-order chi connectivity index (χ0) is 10.7. The zero-order valence-corrected chi connectivity index (χ0v) is 7.82. The third-order valence-electron chi connectivity index (χ3n) is 2.07. The van der Waals surface area contributed by atoms with Crippen LogP contribution in [0.15, 0.2) is 0 Å². The quantitative estimate of drug-likeness (QED) is 0.615. The van der Waals surface area contributed by atoms with Crippen LogP contribution < -0.4 is 5.32 Å². The van der Waals surface area contributed by atoms with E-state index in [0.29, 0.717) is 6.54 Å². The highest BCUT2D eigenvalue weighted by Crippen LogP contribution is 2.10. The van der Waals surface area contributed by atoms with Gasteiger partial charge in [0.2, 0.25) is 0 Å². The zero-order valence-electron chi connectivity index (χ0n) is 7.82. The summed E-state index contributed by atoms with van der Waals surface area (Å²) in [7, 11) is 0. The molecule has 0 bridgehead atoms. The molecule has 1 fully saturated rings. The molecule has 1 heterocycles. The van der Waals surface area contributed by atoms with Crippen LogP contribution in [0.3, 0.4) is 0 Å². The maximum Gasteiger partial charge on any atom is 0.324 e. The summed E-state index contributed by atoms with van der Waals surface area (Å²) in [5.74, 6) is -1.30. The molecule has 0 saturated carbocycles. The van der Waals surface area contributed by atoms with Gasteiger partial charge in [-0.1, -0.05) is 0 Å². The van der Waals surface area contributed by atoms with Crippen molar-refractivity contribution in [2.75, 3.05) is 6.54 Å². The maximum absolute atomic E-state index is 11.4. The molecule has 0 radical (unpaired) electrons. The predicted octanol–water partition coefficient (Wildman–Crippen LogP) is -0.209. The lowest BCUT2D eigenvalue weighted by Gasteiger charge is -2.08. The highest BCUT2D eigenvalue weighted by Gasteiger charge is 2.36. The van der Waals surface area contributed by atoms with Crippen LogP contribution in [0.1, 0.15) is 19.8 Å². The average Bonchev–Trinajstić information content (AvgIpc) is 2.38. The average molecular weight is 200 g/mol. The summed E-state index contributed by atoms with van der Waals surface area (Å²) in [6.45, 7) is 2.01. The summed E-state index contributed by atoms with van der Waals surface area (Å²) in [4.78, 5) is 33.9. The number of nitrogens with one attached hydrogen (secondary N) is 1. The number of carboxylic acid groups (broad SMARTS) is 1. The Morgan fingerprint density at radius 1 is 1.57 bits per heavy atom. The Morgan fingerprint density at radius 3 is 2.64 bits per heavy atom. The van der Waals surface area contributed by atoms with Crippen molar-refractivity contribution in [2.45, 2.75) is 25.8 Å². The number of imide groups is 1. The second-order valence-electron chi connectivity index (χ2n) is 3.02. The smallest absolute Gasteiger partial charge is 0.324 e. The molecule has 1 saturated heterocycles. The van der Waals surface area contributed by atoms with E-state index < -0.39 is 18.0 Å². The van der Waals surface area contributed by atoms with Crippen LogP contribution in [0.4, 0.5) is 4.79 Å². The predicted molar refractivity (Wildman–Crippen MR) is 46.6 cm³/mol. The fourth-order valence-electron chi connectivity index (χ4n) is 1.34. The van der Waals surface area contributed by atoms with Gasteiger partial charge in [-0.3, -0.25) is 14.5 Å². The summed E-state index contributed by atoms with van der Waals surface area (Å²) < 4.78 is 0. The number of hydrogen-bond acceptors (Lipinski definition) is 3. The lowest BCUT2D eigenvalue weighted by molar-refractivity contribution is -0.137. The van der Waals surface area contributed by atoms with E-state index in [-0.39, 0.29) is 18.7 Å². The number of urea groups is 1. The van der Waals surface area contributed by atoms with Gasteiger partial charge in [-0.25, -0.2) is 4.79 Å². The minimum absolute atomic E-state index is 0.117. The minimum atomic E-state index is -0.970. The molecule has 0 aromatic carbocycles. The molecule has 0 spiro atoms. The Hall–Kier alpha value is -1.59. The lowest BCUT2D eigenvalue weighted by atomic mass is 10.1.